The lowest BCUT2D eigenvalue weighted by Gasteiger charge is -2.08. The zero-order valence-electron chi connectivity index (χ0n) is 17.2. The minimum absolute atomic E-state index is 0.675. The van der Waals surface area contributed by atoms with Crippen LogP contribution in [0.1, 0.15) is 11.5 Å². The van der Waals surface area contributed by atoms with Gasteiger partial charge in [-0.1, -0.05) is 23.9 Å². The van der Waals surface area contributed by atoms with Crippen LogP contribution in [-0.4, -0.2) is 38.8 Å². The lowest BCUT2D eigenvalue weighted by atomic mass is 10.2. The Labute approximate surface area is 187 Å². The minimum Gasteiger partial charge on any atom is -0.497 e. The first-order valence-electron chi connectivity index (χ1n) is 9.58. The van der Waals surface area contributed by atoms with Crippen LogP contribution in [-0.2, 0) is 5.75 Å². The van der Waals surface area contributed by atoms with E-state index in [1.54, 1.807) is 37.3 Å². The maximum absolute atomic E-state index is 5.53. The fourth-order valence-electron chi connectivity index (χ4n) is 3.34. The summed E-state index contributed by atoms with van der Waals surface area (Å²) in [6.45, 7) is 1.89. The Morgan fingerprint density at radius 3 is 2.74 bits per heavy atom. The second-order valence-corrected chi connectivity index (χ2v) is 8.61. The molecule has 0 radical (unpaired) electrons. The number of hydrogen-bond donors (Lipinski definition) is 0. The molecule has 0 N–H and O–H groups in total. The standard InChI is InChI=1S/C22H19N5O2S2/c1-13-23-20-16-6-4-5-7-18(16)25-22(27(20)26-13)31-12-14-11-30-21(24-14)17-9-8-15(28-2)10-19(17)29-3/h4-11H,12H2,1-3H3. The average Bonchev–Trinajstić information content (AvgIpc) is 3.43. The van der Waals surface area contributed by atoms with E-state index in [9.17, 15) is 0 Å². The summed E-state index contributed by atoms with van der Waals surface area (Å²) in [4.78, 5) is 14.2. The normalized spacial score (nSPS) is 11.3. The zero-order chi connectivity index (χ0) is 21.4. The third-order valence-electron chi connectivity index (χ3n) is 4.80. The second-order valence-electron chi connectivity index (χ2n) is 6.80. The molecule has 0 bridgehead atoms. The molecular formula is C22H19N5O2S2. The monoisotopic (exact) mass is 449 g/mol. The smallest absolute Gasteiger partial charge is 0.191 e. The molecule has 7 nitrogen and oxygen atoms in total. The van der Waals surface area contributed by atoms with Gasteiger partial charge in [-0.3, -0.25) is 0 Å². The van der Waals surface area contributed by atoms with Gasteiger partial charge < -0.3 is 9.47 Å². The Morgan fingerprint density at radius 2 is 1.90 bits per heavy atom. The molecule has 0 aliphatic carbocycles. The molecule has 0 saturated carbocycles. The van der Waals surface area contributed by atoms with Crippen molar-refractivity contribution in [1.29, 1.82) is 0 Å². The first-order valence-corrected chi connectivity index (χ1v) is 11.4. The van der Waals surface area contributed by atoms with Crippen LogP contribution in [0, 0.1) is 6.92 Å². The Bertz CT molecular complexity index is 1400. The summed E-state index contributed by atoms with van der Waals surface area (Å²) in [5.41, 5.74) is 3.66. The van der Waals surface area contributed by atoms with E-state index in [1.165, 1.54) is 0 Å². The van der Waals surface area contributed by atoms with Gasteiger partial charge in [-0.05, 0) is 31.2 Å². The highest BCUT2D eigenvalue weighted by atomic mass is 32.2. The molecule has 0 atom stereocenters. The molecule has 5 rings (SSSR count). The topological polar surface area (TPSA) is 74.4 Å². The van der Waals surface area contributed by atoms with Gasteiger partial charge >= 0.3 is 0 Å². The molecule has 31 heavy (non-hydrogen) atoms. The Kier molecular flexibility index (Phi) is 5.21. The van der Waals surface area contributed by atoms with Crippen molar-refractivity contribution in [3.63, 3.8) is 0 Å². The maximum Gasteiger partial charge on any atom is 0.191 e. The number of fused-ring (bicyclic) bond motifs is 3. The third kappa shape index (κ3) is 3.70. The predicted octanol–water partition coefficient (Wildman–Crippen LogP) is 5.02. The molecule has 0 aliphatic heterocycles. The maximum atomic E-state index is 5.53. The minimum atomic E-state index is 0.675. The van der Waals surface area contributed by atoms with Crippen LogP contribution in [0.3, 0.4) is 0 Å². The predicted molar refractivity (Wildman–Crippen MR) is 123 cm³/mol. The zero-order valence-corrected chi connectivity index (χ0v) is 18.8. The molecule has 9 heteroatoms. The molecule has 156 valence electrons. The van der Waals surface area contributed by atoms with E-state index in [2.05, 4.69) is 15.5 Å². The molecule has 0 aliphatic rings. The van der Waals surface area contributed by atoms with Gasteiger partial charge in [-0.2, -0.15) is 4.52 Å². The van der Waals surface area contributed by atoms with Gasteiger partial charge in [-0.25, -0.2) is 15.0 Å². The van der Waals surface area contributed by atoms with Crippen molar-refractivity contribution >= 4 is 39.6 Å². The molecule has 0 saturated heterocycles. The van der Waals surface area contributed by atoms with Crippen LogP contribution in [0.15, 0.2) is 53.0 Å². The second kappa shape index (κ2) is 8.16. The molecule has 0 unspecified atom stereocenters. The summed E-state index contributed by atoms with van der Waals surface area (Å²) in [6, 6.07) is 13.8. The van der Waals surface area contributed by atoms with Crippen molar-refractivity contribution in [3.05, 3.63) is 59.4 Å². The van der Waals surface area contributed by atoms with Gasteiger partial charge in [-0.15, -0.1) is 16.4 Å². The highest BCUT2D eigenvalue weighted by molar-refractivity contribution is 7.98. The number of ether oxygens (including phenoxy) is 2. The molecule has 5 aromatic rings. The summed E-state index contributed by atoms with van der Waals surface area (Å²) >= 11 is 3.19. The highest BCUT2D eigenvalue weighted by Crippen LogP contribution is 2.36. The molecule has 3 heterocycles. The van der Waals surface area contributed by atoms with Crippen molar-refractivity contribution < 1.29 is 9.47 Å². The molecule has 2 aromatic carbocycles. The number of hydrogen-bond acceptors (Lipinski definition) is 8. The van der Waals surface area contributed by atoms with Gasteiger partial charge in [0.05, 0.1) is 31.0 Å². The first-order chi connectivity index (χ1) is 15.2. The summed E-state index contributed by atoms with van der Waals surface area (Å²) < 4.78 is 12.6. The number of nitrogens with zero attached hydrogens (tertiary/aromatic N) is 5. The Balaban J connectivity index is 1.44. The highest BCUT2D eigenvalue weighted by Gasteiger charge is 2.15. The van der Waals surface area contributed by atoms with Crippen LogP contribution in [0.5, 0.6) is 11.5 Å². The molecule has 0 spiro atoms. The summed E-state index contributed by atoms with van der Waals surface area (Å²) in [6.07, 6.45) is 0. The molecule has 0 amide bonds. The largest absolute Gasteiger partial charge is 0.497 e. The number of thioether (sulfide) groups is 1. The van der Waals surface area contributed by atoms with E-state index in [-0.39, 0.29) is 0 Å². The van der Waals surface area contributed by atoms with Gasteiger partial charge in [0.2, 0.25) is 0 Å². The molecular weight excluding hydrogens is 430 g/mol. The fraction of sp³-hybridized carbons (Fsp3) is 0.182. The van der Waals surface area contributed by atoms with Crippen molar-refractivity contribution in [2.24, 2.45) is 0 Å². The Morgan fingerprint density at radius 1 is 1.03 bits per heavy atom. The average molecular weight is 450 g/mol. The van der Waals surface area contributed by atoms with Crippen LogP contribution in [0.2, 0.25) is 0 Å². The SMILES string of the molecule is COc1ccc(-c2nc(CSc3nc4ccccc4c4nc(C)nn34)cs2)c(OC)c1. The Hall–Kier alpha value is -3.17. The van der Waals surface area contributed by atoms with E-state index in [0.717, 1.165) is 55.3 Å². The number of para-hydroxylation sites is 1. The van der Waals surface area contributed by atoms with Crippen LogP contribution < -0.4 is 9.47 Å². The van der Waals surface area contributed by atoms with Crippen molar-refractivity contribution in [2.75, 3.05) is 14.2 Å². The van der Waals surface area contributed by atoms with Crippen LogP contribution in [0.25, 0.3) is 27.1 Å². The summed E-state index contributed by atoms with van der Waals surface area (Å²) in [5, 5.41) is 9.31. The first kappa shape index (κ1) is 19.8. The molecule has 3 aromatic heterocycles. The summed E-state index contributed by atoms with van der Waals surface area (Å²) in [7, 11) is 3.29. The number of rotatable bonds is 6. The van der Waals surface area contributed by atoms with Crippen LogP contribution >= 0.6 is 23.1 Å². The molecule has 0 fully saturated rings. The number of benzene rings is 2. The van der Waals surface area contributed by atoms with Gasteiger partial charge in [0, 0.05) is 22.6 Å². The van der Waals surface area contributed by atoms with Gasteiger partial charge in [0.15, 0.2) is 10.8 Å². The lowest BCUT2D eigenvalue weighted by molar-refractivity contribution is 0.395. The number of thiazole rings is 1. The van der Waals surface area contributed by atoms with Gasteiger partial charge in [0.25, 0.3) is 0 Å². The number of aromatic nitrogens is 5. The lowest BCUT2D eigenvalue weighted by Crippen LogP contribution is -1.98. The summed E-state index contributed by atoms with van der Waals surface area (Å²) in [5.74, 6) is 2.89. The number of aryl methyl sites for hydroxylation is 1. The van der Waals surface area contributed by atoms with Crippen molar-refractivity contribution in [1.82, 2.24) is 24.6 Å². The van der Waals surface area contributed by atoms with Crippen molar-refractivity contribution in [3.8, 4) is 22.1 Å². The van der Waals surface area contributed by atoms with E-state index in [1.807, 2.05) is 53.9 Å². The van der Waals surface area contributed by atoms with E-state index < -0.39 is 0 Å². The third-order valence-corrected chi connectivity index (χ3v) is 6.68. The fourth-order valence-corrected chi connectivity index (χ4v) is 5.13. The van der Waals surface area contributed by atoms with Crippen molar-refractivity contribution in [2.45, 2.75) is 17.8 Å². The van der Waals surface area contributed by atoms with E-state index in [4.69, 9.17) is 19.4 Å². The quantitative estimate of drug-likeness (QED) is 0.266. The van der Waals surface area contributed by atoms with E-state index >= 15 is 0 Å². The van der Waals surface area contributed by atoms with E-state index in [0.29, 0.717) is 5.75 Å². The van der Waals surface area contributed by atoms with Gasteiger partial charge in [0.1, 0.15) is 22.3 Å². The van der Waals surface area contributed by atoms with Crippen LogP contribution in [0.4, 0.5) is 0 Å². The number of methoxy groups -OCH3 is 2.